The number of nitrogens with two attached hydrogens (primary N) is 1. The molecule has 1 atom stereocenters. The second-order valence-corrected chi connectivity index (χ2v) is 6.81. The minimum atomic E-state index is -4.71. The Labute approximate surface area is 164 Å². The van der Waals surface area contributed by atoms with Gasteiger partial charge < -0.3 is 11.1 Å². The zero-order valence-electron chi connectivity index (χ0n) is 15.6. The summed E-state index contributed by atoms with van der Waals surface area (Å²) in [5.74, 6) is -1.16. The minimum absolute atomic E-state index is 0.0556. The van der Waals surface area contributed by atoms with Crippen molar-refractivity contribution in [3.63, 3.8) is 0 Å². The molecule has 2 heterocycles. The van der Waals surface area contributed by atoms with Crippen LogP contribution in [0.5, 0.6) is 0 Å². The highest BCUT2D eigenvalue weighted by Gasteiger charge is 2.37. The third-order valence-corrected chi connectivity index (χ3v) is 4.65. The summed E-state index contributed by atoms with van der Waals surface area (Å²) in [4.78, 5) is 33.8. The molecule has 1 aliphatic heterocycles. The summed E-state index contributed by atoms with van der Waals surface area (Å²) in [6.07, 6.45) is -3.54. The molecule has 1 aromatic heterocycles. The van der Waals surface area contributed by atoms with E-state index in [1.807, 2.05) is 0 Å². The molecule has 0 saturated heterocycles. The van der Waals surface area contributed by atoms with Crippen LogP contribution in [0.4, 0.5) is 18.9 Å². The Morgan fingerprint density at radius 1 is 1.28 bits per heavy atom. The standard InChI is InChI=1S/C19H18F3N5O2/c1-18(10-14(28)27(2)17(23)26-18)11-5-3-6-12(9-11)25-16(29)15-13(19(20,21)22)7-4-8-24-15/h3-9H,10H2,1-2H3,(H2,23,26)(H,25,29). The van der Waals surface area contributed by atoms with Gasteiger partial charge in [0.05, 0.1) is 17.5 Å². The topological polar surface area (TPSA) is 101 Å². The molecule has 10 heteroatoms. The summed E-state index contributed by atoms with van der Waals surface area (Å²) in [5, 5.41) is 2.42. The van der Waals surface area contributed by atoms with Crippen LogP contribution in [-0.4, -0.2) is 34.7 Å². The predicted octanol–water partition coefficient (Wildman–Crippen LogP) is 2.74. The predicted molar refractivity (Wildman–Crippen MR) is 100.0 cm³/mol. The van der Waals surface area contributed by atoms with E-state index in [2.05, 4.69) is 15.3 Å². The first kappa shape index (κ1) is 20.3. The highest BCUT2D eigenvalue weighted by Crippen LogP contribution is 2.34. The Morgan fingerprint density at radius 2 is 2.00 bits per heavy atom. The lowest BCUT2D eigenvalue weighted by molar-refractivity contribution is -0.138. The molecule has 152 valence electrons. The number of pyridine rings is 1. The highest BCUT2D eigenvalue weighted by atomic mass is 19.4. The number of nitrogens with one attached hydrogen (secondary N) is 1. The van der Waals surface area contributed by atoms with Crippen LogP contribution >= 0.6 is 0 Å². The maximum Gasteiger partial charge on any atom is 0.418 e. The van der Waals surface area contributed by atoms with E-state index in [1.165, 1.54) is 18.0 Å². The molecule has 3 N–H and O–H groups in total. The van der Waals surface area contributed by atoms with E-state index in [4.69, 9.17) is 5.73 Å². The number of rotatable bonds is 3. The first-order chi connectivity index (χ1) is 13.5. The number of alkyl halides is 3. The van der Waals surface area contributed by atoms with Crippen molar-refractivity contribution in [3.8, 4) is 0 Å². The number of anilines is 1. The quantitative estimate of drug-likeness (QED) is 0.820. The van der Waals surface area contributed by atoms with E-state index in [0.717, 1.165) is 18.3 Å². The normalized spacial score (nSPS) is 19.7. The Kier molecular flexibility index (Phi) is 5.04. The molecule has 2 amide bonds. The van der Waals surface area contributed by atoms with Gasteiger partial charge in [-0.2, -0.15) is 13.2 Å². The Balaban J connectivity index is 1.90. The van der Waals surface area contributed by atoms with Crippen LogP contribution in [0, 0.1) is 0 Å². The summed E-state index contributed by atoms with van der Waals surface area (Å²) in [6, 6.07) is 8.27. The van der Waals surface area contributed by atoms with Crippen molar-refractivity contribution in [3.05, 3.63) is 59.4 Å². The lowest BCUT2D eigenvalue weighted by Gasteiger charge is -2.33. The van der Waals surface area contributed by atoms with Crippen molar-refractivity contribution in [1.82, 2.24) is 9.88 Å². The molecule has 29 heavy (non-hydrogen) atoms. The number of aliphatic imine (C=N–C) groups is 1. The molecule has 0 bridgehead atoms. The van der Waals surface area contributed by atoms with Crippen LogP contribution in [-0.2, 0) is 16.5 Å². The van der Waals surface area contributed by atoms with E-state index in [-0.39, 0.29) is 24.0 Å². The summed E-state index contributed by atoms with van der Waals surface area (Å²) in [5.41, 5.74) is 3.81. The average molecular weight is 405 g/mol. The number of benzene rings is 1. The Bertz CT molecular complexity index is 1010. The number of aromatic nitrogens is 1. The minimum Gasteiger partial charge on any atom is -0.369 e. The SMILES string of the molecule is CN1C(=O)CC(C)(c2cccc(NC(=O)c3ncccc3C(F)(F)F)c2)N=C1N. The monoisotopic (exact) mass is 405 g/mol. The number of carbonyl (C=O) groups excluding carboxylic acids is 2. The summed E-state index contributed by atoms with van der Waals surface area (Å²) >= 11 is 0. The molecule has 0 saturated carbocycles. The number of amides is 2. The van der Waals surface area contributed by atoms with Crippen molar-refractivity contribution in [1.29, 1.82) is 0 Å². The van der Waals surface area contributed by atoms with Crippen LogP contribution in [0.25, 0.3) is 0 Å². The van der Waals surface area contributed by atoms with Crippen LogP contribution in [0.15, 0.2) is 47.6 Å². The lowest BCUT2D eigenvalue weighted by atomic mass is 9.87. The van der Waals surface area contributed by atoms with E-state index >= 15 is 0 Å². The number of carbonyl (C=O) groups is 2. The Hall–Kier alpha value is -3.43. The number of halogens is 3. The molecular weight excluding hydrogens is 387 g/mol. The van der Waals surface area contributed by atoms with E-state index < -0.39 is 28.9 Å². The van der Waals surface area contributed by atoms with Gasteiger partial charge in [0.2, 0.25) is 5.91 Å². The molecule has 7 nitrogen and oxygen atoms in total. The second-order valence-electron chi connectivity index (χ2n) is 6.81. The fourth-order valence-corrected chi connectivity index (χ4v) is 3.01. The molecular formula is C19H18F3N5O2. The van der Waals surface area contributed by atoms with Gasteiger partial charge in [0.1, 0.15) is 5.69 Å². The van der Waals surface area contributed by atoms with Crippen LogP contribution < -0.4 is 11.1 Å². The average Bonchev–Trinajstić information content (AvgIpc) is 2.65. The molecule has 1 unspecified atom stereocenters. The Morgan fingerprint density at radius 3 is 2.66 bits per heavy atom. The third kappa shape index (κ3) is 4.05. The van der Waals surface area contributed by atoms with Crippen molar-refractivity contribution < 1.29 is 22.8 Å². The van der Waals surface area contributed by atoms with Gasteiger partial charge in [-0.25, -0.2) is 4.99 Å². The molecule has 0 radical (unpaired) electrons. The van der Waals surface area contributed by atoms with Gasteiger partial charge >= 0.3 is 6.18 Å². The van der Waals surface area contributed by atoms with Crippen LogP contribution in [0.3, 0.4) is 0 Å². The van der Waals surface area contributed by atoms with E-state index in [0.29, 0.717) is 5.56 Å². The molecule has 3 rings (SSSR count). The maximum atomic E-state index is 13.1. The molecule has 1 aromatic carbocycles. The fourth-order valence-electron chi connectivity index (χ4n) is 3.01. The summed E-state index contributed by atoms with van der Waals surface area (Å²) < 4.78 is 39.4. The largest absolute Gasteiger partial charge is 0.418 e. The molecule has 0 aliphatic carbocycles. The summed E-state index contributed by atoms with van der Waals surface area (Å²) in [7, 11) is 1.52. The van der Waals surface area contributed by atoms with Gasteiger partial charge in [-0.3, -0.25) is 19.5 Å². The maximum absolute atomic E-state index is 13.1. The van der Waals surface area contributed by atoms with Crippen molar-refractivity contribution in [2.45, 2.75) is 25.1 Å². The molecule has 1 aliphatic rings. The van der Waals surface area contributed by atoms with Gasteiger partial charge in [0.15, 0.2) is 5.96 Å². The molecule has 0 spiro atoms. The zero-order valence-corrected chi connectivity index (χ0v) is 15.6. The third-order valence-electron chi connectivity index (χ3n) is 4.65. The van der Waals surface area contributed by atoms with Crippen LogP contribution in [0.1, 0.15) is 35.0 Å². The smallest absolute Gasteiger partial charge is 0.369 e. The first-order valence-corrected chi connectivity index (χ1v) is 8.57. The van der Waals surface area contributed by atoms with E-state index in [1.54, 1.807) is 25.1 Å². The zero-order chi connectivity index (χ0) is 21.4. The van der Waals surface area contributed by atoms with Gasteiger partial charge in [-0.15, -0.1) is 0 Å². The van der Waals surface area contributed by atoms with Crippen molar-refractivity contribution >= 4 is 23.5 Å². The number of nitrogens with zero attached hydrogens (tertiary/aromatic N) is 3. The van der Waals surface area contributed by atoms with E-state index in [9.17, 15) is 22.8 Å². The van der Waals surface area contributed by atoms with Gasteiger partial charge in [-0.1, -0.05) is 12.1 Å². The van der Waals surface area contributed by atoms with Crippen molar-refractivity contribution in [2.24, 2.45) is 10.7 Å². The number of guanidine groups is 1. The van der Waals surface area contributed by atoms with Gasteiger partial charge in [0.25, 0.3) is 5.91 Å². The number of hydrogen-bond acceptors (Lipinski definition) is 5. The fraction of sp³-hybridized carbons (Fsp3) is 0.263. The molecule has 0 fully saturated rings. The number of hydrogen-bond donors (Lipinski definition) is 2. The van der Waals surface area contributed by atoms with Crippen LogP contribution in [0.2, 0.25) is 0 Å². The summed E-state index contributed by atoms with van der Waals surface area (Å²) in [6.45, 7) is 1.71. The highest BCUT2D eigenvalue weighted by molar-refractivity contribution is 6.04. The van der Waals surface area contributed by atoms with Gasteiger partial charge in [-0.05, 0) is 36.8 Å². The second kappa shape index (κ2) is 7.19. The molecule has 2 aromatic rings. The van der Waals surface area contributed by atoms with Gasteiger partial charge in [0, 0.05) is 18.9 Å². The first-order valence-electron chi connectivity index (χ1n) is 8.57. The lowest BCUT2D eigenvalue weighted by Crippen LogP contribution is -2.47. The van der Waals surface area contributed by atoms with Crippen molar-refractivity contribution in [2.75, 3.05) is 12.4 Å².